The van der Waals surface area contributed by atoms with Gasteiger partial charge in [0.2, 0.25) is 5.91 Å². The molecule has 150 valence electrons. The Bertz CT molecular complexity index is 801. The predicted molar refractivity (Wildman–Crippen MR) is 109 cm³/mol. The second-order valence-corrected chi connectivity index (χ2v) is 10.2. The molecule has 2 heterocycles. The van der Waals surface area contributed by atoms with Gasteiger partial charge in [-0.05, 0) is 44.4 Å². The summed E-state index contributed by atoms with van der Waals surface area (Å²) in [6.45, 7) is 9.68. The van der Waals surface area contributed by atoms with Gasteiger partial charge in [-0.1, -0.05) is 12.1 Å². The van der Waals surface area contributed by atoms with E-state index in [4.69, 9.17) is 0 Å². The highest BCUT2D eigenvalue weighted by Crippen LogP contribution is 2.25. The Morgan fingerprint density at radius 3 is 2.44 bits per heavy atom. The van der Waals surface area contributed by atoms with Gasteiger partial charge in [0.1, 0.15) is 0 Å². The maximum Gasteiger partial charge on any atom is 0.239 e. The maximum absolute atomic E-state index is 12.9. The SMILES string of the molecule is Cc1cccc(N2CCN([C@H](C)C(=O)N(C)[C@@H]3CCS(=O)(=O)C3)CC2)c1C. The second-order valence-electron chi connectivity index (χ2n) is 7.92. The molecule has 2 aliphatic rings. The second kappa shape index (κ2) is 7.80. The Balaban J connectivity index is 1.59. The molecule has 0 saturated carbocycles. The number of sulfone groups is 1. The van der Waals surface area contributed by atoms with E-state index in [1.807, 2.05) is 6.92 Å². The molecule has 0 N–H and O–H groups in total. The van der Waals surface area contributed by atoms with Gasteiger partial charge in [-0.15, -0.1) is 0 Å². The highest BCUT2D eigenvalue weighted by atomic mass is 32.2. The number of nitrogens with zero attached hydrogens (tertiary/aromatic N) is 3. The molecule has 1 amide bonds. The van der Waals surface area contributed by atoms with Crippen LogP contribution in [0.1, 0.15) is 24.5 Å². The van der Waals surface area contributed by atoms with Crippen LogP contribution >= 0.6 is 0 Å². The van der Waals surface area contributed by atoms with Crippen molar-refractivity contribution in [3.63, 3.8) is 0 Å². The van der Waals surface area contributed by atoms with Crippen molar-refractivity contribution in [2.75, 3.05) is 49.6 Å². The van der Waals surface area contributed by atoms with Gasteiger partial charge < -0.3 is 9.80 Å². The molecule has 6 nitrogen and oxygen atoms in total. The number of likely N-dealkylation sites (N-methyl/N-ethyl adjacent to an activating group) is 1. The van der Waals surface area contributed by atoms with Gasteiger partial charge >= 0.3 is 0 Å². The van der Waals surface area contributed by atoms with Crippen molar-refractivity contribution in [3.8, 4) is 0 Å². The van der Waals surface area contributed by atoms with Crippen LogP contribution in [0.3, 0.4) is 0 Å². The topological polar surface area (TPSA) is 60.9 Å². The molecular formula is C20H31N3O3S. The van der Waals surface area contributed by atoms with E-state index in [0.717, 1.165) is 26.2 Å². The number of piperazine rings is 1. The molecule has 0 aliphatic carbocycles. The van der Waals surface area contributed by atoms with Crippen molar-refractivity contribution in [2.24, 2.45) is 0 Å². The lowest BCUT2D eigenvalue weighted by Crippen LogP contribution is -2.55. The zero-order valence-electron chi connectivity index (χ0n) is 16.8. The number of carbonyl (C=O) groups is 1. The summed E-state index contributed by atoms with van der Waals surface area (Å²) in [5.41, 5.74) is 3.89. The van der Waals surface area contributed by atoms with E-state index >= 15 is 0 Å². The van der Waals surface area contributed by atoms with Gasteiger partial charge in [-0.25, -0.2) is 8.42 Å². The van der Waals surface area contributed by atoms with Crippen LogP contribution < -0.4 is 4.90 Å². The average molecular weight is 394 g/mol. The van der Waals surface area contributed by atoms with E-state index in [2.05, 4.69) is 41.8 Å². The monoisotopic (exact) mass is 393 g/mol. The van der Waals surface area contributed by atoms with E-state index < -0.39 is 9.84 Å². The van der Waals surface area contributed by atoms with Gasteiger partial charge in [0, 0.05) is 45.0 Å². The Morgan fingerprint density at radius 2 is 1.85 bits per heavy atom. The van der Waals surface area contributed by atoms with Crippen LogP contribution in [0.25, 0.3) is 0 Å². The smallest absolute Gasteiger partial charge is 0.239 e. The van der Waals surface area contributed by atoms with E-state index in [9.17, 15) is 13.2 Å². The van der Waals surface area contributed by atoms with E-state index in [0.29, 0.717) is 6.42 Å². The maximum atomic E-state index is 12.9. The fourth-order valence-corrected chi connectivity index (χ4v) is 5.91. The van der Waals surface area contributed by atoms with E-state index in [-0.39, 0.29) is 29.5 Å². The molecular weight excluding hydrogens is 362 g/mol. The number of rotatable bonds is 4. The molecule has 1 aromatic carbocycles. The van der Waals surface area contributed by atoms with Gasteiger partial charge in [0.05, 0.1) is 17.5 Å². The zero-order chi connectivity index (χ0) is 19.8. The normalized spacial score (nSPS) is 24.0. The summed E-state index contributed by atoms with van der Waals surface area (Å²) >= 11 is 0. The first-order valence-corrected chi connectivity index (χ1v) is 11.5. The Labute approximate surface area is 163 Å². The van der Waals surface area contributed by atoms with Crippen molar-refractivity contribution in [1.29, 1.82) is 0 Å². The summed E-state index contributed by atoms with van der Waals surface area (Å²) in [6.07, 6.45) is 0.553. The highest BCUT2D eigenvalue weighted by molar-refractivity contribution is 7.91. The highest BCUT2D eigenvalue weighted by Gasteiger charge is 2.36. The van der Waals surface area contributed by atoms with Crippen molar-refractivity contribution in [3.05, 3.63) is 29.3 Å². The third-order valence-corrected chi connectivity index (χ3v) is 7.99. The Kier molecular flexibility index (Phi) is 5.82. The first-order valence-electron chi connectivity index (χ1n) is 9.72. The minimum absolute atomic E-state index is 0.0253. The summed E-state index contributed by atoms with van der Waals surface area (Å²) in [5.74, 6) is 0.317. The molecule has 27 heavy (non-hydrogen) atoms. The molecule has 0 spiro atoms. The third kappa shape index (κ3) is 4.29. The number of hydrogen-bond acceptors (Lipinski definition) is 5. The number of carbonyl (C=O) groups excluding carboxylic acids is 1. The van der Waals surface area contributed by atoms with Gasteiger partial charge in [-0.3, -0.25) is 9.69 Å². The minimum Gasteiger partial charge on any atom is -0.369 e. The molecule has 2 saturated heterocycles. The van der Waals surface area contributed by atoms with Gasteiger partial charge in [-0.2, -0.15) is 0 Å². The van der Waals surface area contributed by atoms with Crippen molar-refractivity contribution in [2.45, 2.75) is 39.3 Å². The summed E-state index contributed by atoms with van der Waals surface area (Å²) < 4.78 is 23.4. The van der Waals surface area contributed by atoms with Gasteiger partial charge in [0.15, 0.2) is 9.84 Å². The zero-order valence-corrected chi connectivity index (χ0v) is 17.6. The molecule has 0 unspecified atom stereocenters. The molecule has 7 heteroatoms. The summed E-state index contributed by atoms with van der Waals surface area (Å²) in [6, 6.07) is 6.00. The first-order chi connectivity index (χ1) is 12.7. The molecule has 0 radical (unpaired) electrons. The van der Waals surface area contributed by atoms with Crippen molar-refractivity contribution in [1.82, 2.24) is 9.80 Å². The summed E-state index contributed by atoms with van der Waals surface area (Å²) in [4.78, 5) is 19.1. The fraction of sp³-hybridized carbons (Fsp3) is 0.650. The first kappa shape index (κ1) is 20.1. The molecule has 1 aromatic rings. The Hall–Kier alpha value is -1.60. The molecule has 2 atom stereocenters. The standard InChI is InChI=1S/C20H31N3O3S/c1-15-6-5-7-19(16(15)2)23-11-9-22(10-12-23)17(3)20(24)21(4)18-8-13-27(25,26)14-18/h5-7,17-18H,8-14H2,1-4H3/t17-,18-/m1/s1. The van der Waals surface area contributed by atoms with Crippen LogP contribution in [0.5, 0.6) is 0 Å². The minimum atomic E-state index is -2.98. The number of hydrogen-bond donors (Lipinski definition) is 0. The lowest BCUT2D eigenvalue weighted by atomic mass is 10.1. The van der Waals surface area contributed by atoms with Crippen LogP contribution in [0.15, 0.2) is 18.2 Å². The van der Waals surface area contributed by atoms with Crippen LogP contribution in [0, 0.1) is 13.8 Å². The number of benzene rings is 1. The molecule has 0 aromatic heterocycles. The van der Waals surface area contributed by atoms with Crippen LogP contribution in [-0.2, 0) is 14.6 Å². The molecule has 3 rings (SSSR count). The van der Waals surface area contributed by atoms with E-state index in [1.54, 1.807) is 11.9 Å². The third-order valence-electron chi connectivity index (χ3n) is 6.24. The van der Waals surface area contributed by atoms with Crippen LogP contribution in [0.4, 0.5) is 5.69 Å². The number of amides is 1. The molecule has 2 fully saturated rings. The van der Waals surface area contributed by atoms with Crippen molar-refractivity contribution < 1.29 is 13.2 Å². The van der Waals surface area contributed by atoms with Crippen LogP contribution in [0.2, 0.25) is 0 Å². The summed E-state index contributed by atoms with van der Waals surface area (Å²) in [7, 11) is -1.24. The molecule has 0 bridgehead atoms. The Morgan fingerprint density at radius 1 is 1.19 bits per heavy atom. The molecule has 2 aliphatic heterocycles. The van der Waals surface area contributed by atoms with Crippen molar-refractivity contribution >= 4 is 21.4 Å². The quantitative estimate of drug-likeness (QED) is 0.775. The fourth-order valence-electron chi connectivity index (χ4n) is 4.14. The largest absolute Gasteiger partial charge is 0.369 e. The lowest BCUT2D eigenvalue weighted by Gasteiger charge is -2.40. The van der Waals surface area contributed by atoms with Crippen LogP contribution in [-0.4, -0.2) is 80.9 Å². The lowest BCUT2D eigenvalue weighted by molar-refractivity contribution is -0.136. The van der Waals surface area contributed by atoms with Gasteiger partial charge in [0.25, 0.3) is 0 Å². The predicted octanol–water partition coefficient (Wildman–Crippen LogP) is 1.46. The number of aryl methyl sites for hydroxylation is 1. The van der Waals surface area contributed by atoms with E-state index in [1.165, 1.54) is 16.8 Å². The summed E-state index contributed by atoms with van der Waals surface area (Å²) in [5, 5.41) is 0. The number of anilines is 1. The average Bonchev–Trinajstić information content (AvgIpc) is 3.02.